The summed E-state index contributed by atoms with van der Waals surface area (Å²) in [5.41, 5.74) is 18.4. The predicted octanol–water partition coefficient (Wildman–Crippen LogP) is 14.6. The van der Waals surface area contributed by atoms with Crippen LogP contribution in [0.5, 0.6) is 0 Å². The second-order valence-corrected chi connectivity index (χ2v) is 17.1. The molecule has 10 rings (SSSR count). The fourth-order valence-corrected chi connectivity index (χ4v) is 8.25. The van der Waals surface area contributed by atoms with Crippen molar-refractivity contribution in [1.82, 2.24) is 14.5 Å². The number of aromatic nitrogens is 4. The van der Waals surface area contributed by atoms with Crippen molar-refractivity contribution in [2.45, 2.75) is 53.4 Å². The molecule has 7 heteroatoms. The molecule has 0 aliphatic rings. The zero-order chi connectivity index (χ0) is 45.2. The van der Waals surface area contributed by atoms with E-state index in [0.717, 1.165) is 55.8 Å². The summed E-state index contributed by atoms with van der Waals surface area (Å²) in [5, 5.41) is 1.93. The number of hydrogen-bond donors (Lipinski definition) is 0. The molecule has 4 heterocycles. The third kappa shape index (κ3) is 9.30. The first kappa shape index (κ1) is 45.3. The molecule has 0 atom stereocenters. The van der Waals surface area contributed by atoms with Gasteiger partial charge in [-0.3, -0.25) is 0 Å². The summed E-state index contributed by atoms with van der Waals surface area (Å²) in [7, 11) is 1.92. The van der Waals surface area contributed by atoms with Gasteiger partial charge in [-0.25, -0.2) is 4.85 Å². The minimum Gasteiger partial charge on any atom is -0.507 e. The van der Waals surface area contributed by atoms with Gasteiger partial charge in [0, 0.05) is 49.8 Å². The Morgan fingerprint density at radius 1 is 0.667 bits per heavy atom. The molecular formula is C59H48IrN5O-3. The fourth-order valence-electron chi connectivity index (χ4n) is 8.25. The van der Waals surface area contributed by atoms with Crippen LogP contribution in [-0.4, -0.2) is 14.5 Å². The molecule has 10 aromatic rings. The van der Waals surface area contributed by atoms with E-state index in [1.54, 1.807) is 6.07 Å². The number of pyridine rings is 2. The molecule has 0 saturated heterocycles. The molecule has 1 radical (unpaired) electrons. The Kier molecular flexibility index (Phi) is 13.4. The van der Waals surface area contributed by atoms with Crippen LogP contribution in [0.2, 0.25) is 0 Å². The van der Waals surface area contributed by atoms with E-state index in [4.69, 9.17) is 16.0 Å². The number of rotatable bonds is 8. The maximum Gasteiger partial charge on any atom is 0.241 e. The summed E-state index contributed by atoms with van der Waals surface area (Å²) in [5.74, 6) is 0.737. The van der Waals surface area contributed by atoms with Gasteiger partial charge in [-0.2, -0.15) is 0 Å². The SMILES string of the molecule is CC(C)c1cc(-c2ccccc2)cc(C(C)C)c1-c1cc(-c2[c-]cccc2)nc(-c2[c-]cccc2)c1.[C-]#[N+]c1ccc2c(c1)oc1c(-n3[c-][n+](C)cc3)[c-]c(-c3cc(C)c(C)cn3)cc12.[Ir]. The Balaban J connectivity index is 0.000000180. The van der Waals surface area contributed by atoms with Crippen LogP contribution in [0.1, 0.15) is 61.8 Å². The summed E-state index contributed by atoms with van der Waals surface area (Å²) in [6.07, 6.45) is 8.95. The summed E-state index contributed by atoms with van der Waals surface area (Å²) in [6, 6.07) is 55.9. The van der Waals surface area contributed by atoms with Crippen molar-refractivity contribution in [3.8, 4) is 61.7 Å². The molecule has 0 saturated carbocycles. The quantitative estimate of drug-likeness (QED) is 0.113. The number of fused-ring (bicyclic) bond motifs is 3. The summed E-state index contributed by atoms with van der Waals surface area (Å²) in [6.45, 7) is 20.6. The number of hydrogen-bond acceptors (Lipinski definition) is 3. The molecule has 6 aromatic carbocycles. The molecule has 6 nitrogen and oxygen atoms in total. The topological polar surface area (TPSA) is 52.1 Å². The van der Waals surface area contributed by atoms with Crippen molar-refractivity contribution in [1.29, 1.82) is 0 Å². The van der Waals surface area contributed by atoms with E-state index >= 15 is 0 Å². The van der Waals surface area contributed by atoms with Crippen LogP contribution in [0.15, 0.2) is 156 Å². The van der Waals surface area contributed by atoms with Gasteiger partial charge in [0.25, 0.3) is 0 Å². The predicted molar refractivity (Wildman–Crippen MR) is 263 cm³/mol. The molecule has 327 valence electrons. The molecule has 0 unspecified atom stereocenters. The van der Waals surface area contributed by atoms with E-state index in [-0.39, 0.29) is 20.1 Å². The van der Waals surface area contributed by atoms with E-state index < -0.39 is 0 Å². The third-order valence-corrected chi connectivity index (χ3v) is 11.8. The van der Waals surface area contributed by atoms with Gasteiger partial charge in [0.05, 0.1) is 19.2 Å². The monoisotopic (exact) mass is 1040 g/mol. The van der Waals surface area contributed by atoms with E-state index in [1.807, 2.05) is 83.3 Å². The zero-order valence-electron chi connectivity index (χ0n) is 38.1. The van der Waals surface area contributed by atoms with Gasteiger partial charge in [0.2, 0.25) is 6.33 Å². The van der Waals surface area contributed by atoms with Crippen LogP contribution >= 0.6 is 0 Å². The van der Waals surface area contributed by atoms with Crippen LogP contribution in [0.25, 0.3) is 88.5 Å². The molecule has 0 fully saturated rings. The van der Waals surface area contributed by atoms with Crippen molar-refractivity contribution in [2.75, 3.05) is 0 Å². The second kappa shape index (κ2) is 19.5. The first-order valence-electron chi connectivity index (χ1n) is 21.9. The minimum absolute atomic E-state index is 0. The summed E-state index contributed by atoms with van der Waals surface area (Å²) < 4.78 is 9.89. The standard InChI is InChI=1S/C35H31N.C24H17N4O.Ir/c1-24(2)31-20-29(26-14-8-5-9-15-26)21-32(25(3)4)35(31)30-22-33(27-16-10-6-11-17-27)36-34(23-30)28-18-12-7-13-19-28;1-15-9-21(26-13-16(15)2)17-10-20-19-6-5-18(25-3)12-23(19)29-24(20)22(11-17)28-8-7-27(4)14-28;/h5-16,18,20-25H,1-4H3;5-10,12-13H,1-2,4H3;/q-2;-1;. The van der Waals surface area contributed by atoms with Crippen LogP contribution in [0.3, 0.4) is 0 Å². The Hall–Kier alpha value is -7.23. The average Bonchev–Trinajstić information content (AvgIpc) is 3.95. The van der Waals surface area contributed by atoms with E-state index in [0.29, 0.717) is 28.7 Å². The fraction of sp³-hybridized carbons (Fsp3) is 0.153. The first-order chi connectivity index (χ1) is 31.5. The number of imidazole rings is 1. The molecule has 0 amide bonds. The Morgan fingerprint density at radius 3 is 1.88 bits per heavy atom. The number of nitrogens with zero attached hydrogens (tertiary/aromatic N) is 5. The van der Waals surface area contributed by atoms with Gasteiger partial charge in [-0.05, 0) is 87.8 Å². The molecule has 0 spiro atoms. The normalized spacial score (nSPS) is 11.1. The molecule has 0 aliphatic heterocycles. The number of benzene rings is 6. The van der Waals surface area contributed by atoms with E-state index in [2.05, 4.69) is 155 Å². The van der Waals surface area contributed by atoms with Gasteiger partial charge < -0.3 is 23.5 Å². The molecular weight excluding hydrogens is 987 g/mol. The Morgan fingerprint density at radius 2 is 1.32 bits per heavy atom. The second-order valence-electron chi connectivity index (χ2n) is 17.1. The van der Waals surface area contributed by atoms with E-state index in [1.165, 1.54) is 38.9 Å². The molecule has 4 aromatic heterocycles. The average molecular weight is 1040 g/mol. The Labute approximate surface area is 401 Å². The maximum absolute atomic E-state index is 7.27. The smallest absolute Gasteiger partial charge is 0.241 e. The third-order valence-electron chi connectivity index (χ3n) is 11.8. The van der Waals surface area contributed by atoms with Crippen LogP contribution < -0.4 is 4.57 Å². The van der Waals surface area contributed by atoms with Crippen molar-refractivity contribution < 1.29 is 29.1 Å². The van der Waals surface area contributed by atoms with Gasteiger partial charge in [-0.1, -0.05) is 111 Å². The first-order valence-corrected chi connectivity index (χ1v) is 21.9. The minimum atomic E-state index is 0. The van der Waals surface area contributed by atoms with Crippen molar-refractivity contribution in [3.05, 3.63) is 210 Å². The summed E-state index contributed by atoms with van der Waals surface area (Å²) in [4.78, 5) is 13.2. The molecule has 0 N–H and O–H groups in total. The maximum atomic E-state index is 7.27. The molecule has 0 aliphatic carbocycles. The molecule has 66 heavy (non-hydrogen) atoms. The van der Waals surface area contributed by atoms with Gasteiger partial charge in [-0.15, -0.1) is 89.5 Å². The Bertz CT molecular complexity index is 3280. The largest absolute Gasteiger partial charge is 0.507 e. The van der Waals surface area contributed by atoms with Crippen LogP contribution in [0, 0.1) is 44.9 Å². The summed E-state index contributed by atoms with van der Waals surface area (Å²) >= 11 is 0. The van der Waals surface area contributed by atoms with Crippen LogP contribution in [-0.2, 0) is 27.2 Å². The van der Waals surface area contributed by atoms with Gasteiger partial charge in [0.1, 0.15) is 5.58 Å². The van der Waals surface area contributed by atoms with Crippen molar-refractivity contribution in [3.63, 3.8) is 0 Å². The van der Waals surface area contributed by atoms with Crippen molar-refractivity contribution >= 4 is 27.6 Å². The zero-order valence-corrected chi connectivity index (χ0v) is 40.5. The van der Waals surface area contributed by atoms with Crippen molar-refractivity contribution in [2.24, 2.45) is 7.05 Å². The number of aryl methyl sites for hydroxylation is 3. The van der Waals surface area contributed by atoms with Crippen LogP contribution in [0.4, 0.5) is 5.69 Å². The van der Waals surface area contributed by atoms with Gasteiger partial charge >= 0.3 is 0 Å². The molecule has 0 bridgehead atoms. The van der Waals surface area contributed by atoms with Gasteiger partial charge in [0.15, 0.2) is 5.69 Å². The number of furan rings is 1. The van der Waals surface area contributed by atoms with E-state index in [9.17, 15) is 0 Å².